The van der Waals surface area contributed by atoms with E-state index in [1.807, 2.05) is 0 Å². The number of amides is 1. The fourth-order valence-electron chi connectivity index (χ4n) is 1.87. The Morgan fingerprint density at radius 2 is 2.11 bits per heavy atom. The smallest absolute Gasteiger partial charge is 0.311 e. The van der Waals surface area contributed by atoms with Crippen LogP contribution in [-0.4, -0.2) is 23.5 Å². The van der Waals surface area contributed by atoms with Gasteiger partial charge in [0, 0.05) is 12.1 Å². The molecule has 0 unspecified atom stereocenters. The number of hydrogen-bond acceptors (Lipinski definition) is 3. The summed E-state index contributed by atoms with van der Waals surface area (Å²) in [5.41, 5.74) is 1.02. The topological polar surface area (TPSA) is 79.5 Å². The van der Waals surface area contributed by atoms with E-state index in [-0.39, 0.29) is 18.1 Å². The maximum atomic E-state index is 12.0. The largest absolute Gasteiger partial charge is 0.481 e. The summed E-state index contributed by atoms with van der Waals surface area (Å²) < 4.78 is 5.13. The van der Waals surface area contributed by atoms with Gasteiger partial charge in [0.2, 0.25) is 0 Å². The van der Waals surface area contributed by atoms with Gasteiger partial charge in [0.1, 0.15) is 12.2 Å². The molecule has 0 atom stereocenters. The Bertz CT molecular complexity index is 448. The van der Waals surface area contributed by atoms with Crippen LogP contribution in [0.3, 0.4) is 0 Å². The van der Waals surface area contributed by atoms with E-state index in [1.165, 1.54) is 6.26 Å². The molecule has 1 aromatic heterocycles. The molecular weight excluding hydrogens is 246 g/mol. The van der Waals surface area contributed by atoms with Gasteiger partial charge < -0.3 is 14.8 Å². The summed E-state index contributed by atoms with van der Waals surface area (Å²) >= 11 is 0. The van der Waals surface area contributed by atoms with Crippen LogP contribution in [0.4, 0.5) is 0 Å². The predicted molar refractivity (Wildman–Crippen MR) is 71.2 cm³/mol. The highest BCUT2D eigenvalue weighted by Crippen LogP contribution is 2.17. The van der Waals surface area contributed by atoms with Gasteiger partial charge >= 0.3 is 5.97 Å². The Kier molecular flexibility index (Phi) is 5.60. The Hall–Kier alpha value is -1.78. The number of aryl methyl sites for hydroxylation is 1. The maximum Gasteiger partial charge on any atom is 0.311 e. The van der Waals surface area contributed by atoms with Crippen molar-refractivity contribution in [3.63, 3.8) is 0 Å². The second kappa shape index (κ2) is 6.97. The molecule has 0 saturated carbocycles. The van der Waals surface area contributed by atoms with Crippen LogP contribution in [0.1, 0.15) is 48.4 Å². The van der Waals surface area contributed by atoms with E-state index in [1.54, 1.807) is 6.92 Å². The van der Waals surface area contributed by atoms with Crippen molar-refractivity contribution in [1.29, 1.82) is 0 Å². The van der Waals surface area contributed by atoms with Gasteiger partial charge in [-0.2, -0.15) is 0 Å². The lowest BCUT2D eigenvalue weighted by Crippen LogP contribution is -2.26. The van der Waals surface area contributed by atoms with Gasteiger partial charge in [0.05, 0.1) is 11.8 Å². The Morgan fingerprint density at radius 1 is 1.42 bits per heavy atom. The molecule has 0 saturated heterocycles. The molecule has 19 heavy (non-hydrogen) atoms. The first-order valence-corrected chi connectivity index (χ1v) is 6.48. The standard InChI is InChI=1S/C14H21NO4/c1-9(2)5-4-6-15-14(18)13-10(3)8-19-11(13)7-12(16)17/h8-9H,4-7H2,1-3H3,(H,15,18)(H,16,17). The van der Waals surface area contributed by atoms with Gasteiger partial charge in [-0.3, -0.25) is 9.59 Å². The van der Waals surface area contributed by atoms with Crippen LogP contribution in [0.2, 0.25) is 0 Å². The first-order chi connectivity index (χ1) is 8.91. The van der Waals surface area contributed by atoms with Gasteiger partial charge in [0.25, 0.3) is 5.91 Å². The molecule has 0 spiro atoms. The van der Waals surface area contributed by atoms with E-state index in [0.29, 0.717) is 23.6 Å². The number of rotatable bonds is 7. The van der Waals surface area contributed by atoms with E-state index in [9.17, 15) is 9.59 Å². The molecule has 1 rings (SSSR count). The van der Waals surface area contributed by atoms with E-state index in [4.69, 9.17) is 9.52 Å². The fourth-order valence-corrected chi connectivity index (χ4v) is 1.87. The average Bonchev–Trinajstić information content (AvgIpc) is 2.64. The molecule has 0 aliphatic rings. The summed E-state index contributed by atoms with van der Waals surface area (Å²) in [5, 5.41) is 11.6. The van der Waals surface area contributed by atoms with Crippen molar-refractivity contribution in [2.75, 3.05) is 6.54 Å². The van der Waals surface area contributed by atoms with Crippen LogP contribution in [-0.2, 0) is 11.2 Å². The summed E-state index contributed by atoms with van der Waals surface area (Å²) in [6.45, 7) is 6.59. The van der Waals surface area contributed by atoms with Crippen LogP contribution in [0.15, 0.2) is 10.7 Å². The minimum absolute atomic E-state index is 0.214. The first-order valence-electron chi connectivity index (χ1n) is 6.48. The lowest BCUT2D eigenvalue weighted by atomic mass is 10.1. The molecule has 5 heteroatoms. The third-order valence-electron chi connectivity index (χ3n) is 2.83. The quantitative estimate of drug-likeness (QED) is 0.743. The van der Waals surface area contributed by atoms with Crippen molar-refractivity contribution in [3.8, 4) is 0 Å². The first kappa shape index (κ1) is 15.3. The van der Waals surface area contributed by atoms with Crippen molar-refractivity contribution in [3.05, 3.63) is 23.2 Å². The van der Waals surface area contributed by atoms with Gasteiger partial charge in [-0.05, 0) is 25.7 Å². The molecular formula is C14H21NO4. The minimum atomic E-state index is -1.01. The molecule has 0 fully saturated rings. The van der Waals surface area contributed by atoms with Crippen LogP contribution in [0, 0.1) is 12.8 Å². The second-order valence-corrected chi connectivity index (χ2v) is 5.08. The van der Waals surface area contributed by atoms with E-state index >= 15 is 0 Å². The molecule has 1 aromatic rings. The fraction of sp³-hybridized carbons (Fsp3) is 0.571. The number of carbonyl (C=O) groups is 2. The molecule has 0 radical (unpaired) electrons. The normalized spacial score (nSPS) is 10.7. The molecule has 0 aliphatic heterocycles. The zero-order valence-corrected chi connectivity index (χ0v) is 11.7. The molecule has 106 valence electrons. The molecule has 2 N–H and O–H groups in total. The third kappa shape index (κ3) is 4.77. The number of carboxylic acids is 1. The highest BCUT2D eigenvalue weighted by atomic mass is 16.4. The van der Waals surface area contributed by atoms with Gasteiger partial charge in [-0.15, -0.1) is 0 Å². The number of furan rings is 1. The molecule has 1 heterocycles. The monoisotopic (exact) mass is 267 g/mol. The minimum Gasteiger partial charge on any atom is -0.481 e. The predicted octanol–water partition coefficient (Wildman–Crippen LogP) is 2.38. The zero-order valence-electron chi connectivity index (χ0n) is 11.7. The number of carboxylic acid groups (broad SMARTS) is 1. The highest BCUT2D eigenvalue weighted by molar-refractivity contribution is 5.97. The van der Waals surface area contributed by atoms with Crippen molar-refractivity contribution in [2.24, 2.45) is 5.92 Å². The van der Waals surface area contributed by atoms with Crippen LogP contribution >= 0.6 is 0 Å². The number of hydrogen-bond donors (Lipinski definition) is 2. The van der Waals surface area contributed by atoms with Crippen molar-refractivity contribution >= 4 is 11.9 Å². The van der Waals surface area contributed by atoms with E-state index < -0.39 is 5.97 Å². The number of aliphatic carboxylic acids is 1. The highest BCUT2D eigenvalue weighted by Gasteiger charge is 2.19. The van der Waals surface area contributed by atoms with Gasteiger partial charge in [-0.25, -0.2) is 0 Å². The Labute approximate surface area is 113 Å². The number of nitrogens with one attached hydrogen (secondary N) is 1. The molecule has 1 amide bonds. The average molecular weight is 267 g/mol. The van der Waals surface area contributed by atoms with Crippen LogP contribution in [0.5, 0.6) is 0 Å². The number of carbonyl (C=O) groups excluding carboxylic acids is 1. The van der Waals surface area contributed by atoms with E-state index in [2.05, 4.69) is 19.2 Å². The van der Waals surface area contributed by atoms with Gasteiger partial charge in [-0.1, -0.05) is 13.8 Å². The summed E-state index contributed by atoms with van der Waals surface area (Å²) in [4.78, 5) is 22.7. The van der Waals surface area contributed by atoms with Crippen molar-refractivity contribution in [1.82, 2.24) is 5.32 Å². The van der Waals surface area contributed by atoms with Crippen molar-refractivity contribution in [2.45, 2.75) is 40.0 Å². The SMILES string of the molecule is Cc1coc(CC(=O)O)c1C(=O)NCCCC(C)C. The third-order valence-corrected chi connectivity index (χ3v) is 2.83. The molecule has 0 aromatic carbocycles. The van der Waals surface area contributed by atoms with Crippen LogP contribution < -0.4 is 5.32 Å². The molecule has 0 aliphatic carbocycles. The van der Waals surface area contributed by atoms with Gasteiger partial charge in [0.15, 0.2) is 0 Å². The zero-order chi connectivity index (χ0) is 14.4. The lowest BCUT2D eigenvalue weighted by molar-refractivity contribution is -0.136. The summed E-state index contributed by atoms with van der Waals surface area (Å²) in [7, 11) is 0. The molecule has 0 bridgehead atoms. The molecule has 5 nitrogen and oxygen atoms in total. The summed E-state index contributed by atoms with van der Waals surface area (Å²) in [6.07, 6.45) is 3.10. The van der Waals surface area contributed by atoms with Crippen molar-refractivity contribution < 1.29 is 19.1 Å². The Balaban J connectivity index is 2.60. The van der Waals surface area contributed by atoms with E-state index in [0.717, 1.165) is 12.8 Å². The summed E-state index contributed by atoms with van der Waals surface area (Å²) in [5.74, 6) is -0.448. The maximum absolute atomic E-state index is 12.0. The van der Waals surface area contributed by atoms with Crippen LogP contribution in [0.25, 0.3) is 0 Å². The summed E-state index contributed by atoms with van der Waals surface area (Å²) in [6, 6.07) is 0. The lowest BCUT2D eigenvalue weighted by Gasteiger charge is -2.07. The second-order valence-electron chi connectivity index (χ2n) is 5.08. The Morgan fingerprint density at radius 3 is 2.68 bits per heavy atom.